The molecule has 0 spiro atoms. The first-order chi connectivity index (χ1) is 13.1. The molecule has 0 amide bonds. The first kappa shape index (κ1) is 17.7. The third-order valence-corrected chi connectivity index (χ3v) is 5.14. The van der Waals surface area contributed by atoms with Crippen molar-refractivity contribution >= 4 is 17.3 Å². The average Bonchev–Trinajstić information content (AvgIpc) is 3.28. The molecule has 2 unspecified atom stereocenters. The lowest BCUT2D eigenvalue weighted by Gasteiger charge is -2.30. The molecule has 1 N–H and O–H groups in total. The van der Waals surface area contributed by atoms with Crippen molar-refractivity contribution in [2.75, 3.05) is 6.54 Å². The van der Waals surface area contributed by atoms with E-state index in [1.165, 1.54) is 5.69 Å². The molecule has 4 rings (SSSR count). The van der Waals surface area contributed by atoms with Crippen molar-refractivity contribution in [3.05, 3.63) is 78.6 Å². The number of nitrogens with zero attached hydrogens (tertiary/aromatic N) is 4. The highest BCUT2D eigenvalue weighted by atomic mass is 32.1. The second-order valence-electron chi connectivity index (χ2n) is 7.18. The third kappa shape index (κ3) is 3.45. The van der Waals surface area contributed by atoms with Crippen LogP contribution in [0.25, 0.3) is 5.69 Å². The van der Waals surface area contributed by atoms with E-state index >= 15 is 0 Å². The highest BCUT2D eigenvalue weighted by Gasteiger charge is 2.41. The Hall–Kier alpha value is -2.73. The van der Waals surface area contributed by atoms with E-state index in [0.29, 0.717) is 5.92 Å². The summed E-state index contributed by atoms with van der Waals surface area (Å²) < 4.78 is 2.21. The molecule has 1 aliphatic heterocycles. The summed E-state index contributed by atoms with van der Waals surface area (Å²) >= 11 is 5.71. The summed E-state index contributed by atoms with van der Waals surface area (Å²) in [5.41, 5.74) is 3.27. The Bertz CT molecular complexity index is 907. The van der Waals surface area contributed by atoms with E-state index in [1.807, 2.05) is 42.9 Å². The standard InChI is InChI=1S/C21H23N5S/c1-15(2)14-26-20(19(24-21(26)27)17-6-3-4-10-23-17)18-7-5-13-25(18)16-8-11-22-12-9-16/h3-13,15,19-20H,14H2,1-2H3,(H,24,27). The van der Waals surface area contributed by atoms with Crippen LogP contribution < -0.4 is 5.32 Å². The Morgan fingerprint density at radius 2 is 1.89 bits per heavy atom. The van der Waals surface area contributed by atoms with Crippen molar-refractivity contribution < 1.29 is 0 Å². The Morgan fingerprint density at radius 3 is 2.59 bits per heavy atom. The summed E-state index contributed by atoms with van der Waals surface area (Å²) in [6, 6.07) is 14.4. The zero-order chi connectivity index (χ0) is 18.8. The molecule has 1 saturated heterocycles. The van der Waals surface area contributed by atoms with Crippen LogP contribution in [0.2, 0.25) is 0 Å². The fourth-order valence-electron chi connectivity index (χ4n) is 3.69. The Morgan fingerprint density at radius 1 is 1.07 bits per heavy atom. The maximum Gasteiger partial charge on any atom is 0.170 e. The Kier molecular flexibility index (Phi) is 4.90. The molecular weight excluding hydrogens is 354 g/mol. The number of nitrogens with one attached hydrogen (secondary N) is 1. The molecule has 0 aliphatic carbocycles. The zero-order valence-electron chi connectivity index (χ0n) is 15.5. The smallest absolute Gasteiger partial charge is 0.170 e. The summed E-state index contributed by atoms with van der Waals surface area (Å²) in [6.07, 6.45) is 7.57. The van der Waals surface area contributed by atoms with Crippen LogP contribution >= 0.6 is 12.2 Å². The molecule has 5 nitrogen and oxygen atoms in total. The first-order valence-electron chi connectivity index (χ1n) is 9.21. The van der Waals surface area contributed by atoms with Crippen LogP contribution in [0.1, 0.15) is 37.3 Å². The molecule has 1 fully saturated rings. The minimum atomic E-state index is 0.00735. The molecule has 2 atom stereocenters. The lowest BCUT2D eigenvalue weighted by Crippen LogP contribution is -2.33. The SMILES string of the molecule is CC(C)CN1C(=S)NC(c2ccccn2)C1c1cccn1-c1ccncc1. The van der Waals surface area contributed by atoms with Crippen LogP contribution in [0.5, 0.6) is 0 Å². The number of hydrogen-bond acceptors (Lipinski definition) is 3. The van der Waals surface area contributed by atoms with Gasteiger partial charge < -0.3 is 14.8 Å². The van der Waals surface area contributed by atoms with Gasteiger partial charge in [-0.1, -0.05) is 19.9 Å². The Balaban J connectivity index is 1.81. The predicted molar refractivity (Wildman–Crippen MR) is 111 cm³/mol. The molecule has 0 bridgehead atoms. The quantitative estimate of drug-likeness (QED) is 0.684. The second-order valence-corrected chi connectivity index (χ2v) is 7.57. The summed E-state index contributed by atoms with van der Waals surface area (Å²) in [7, 11) is 0. The molecular formula is C21H23N5S. The molecule has 138 valence electrons. The maximum atomic E-state index is 5.71. The van der Waals surface area contributed by atoms with Gasteiger partial charge in [-0.2, -0.15) is 0 Å². The fourth-order valence-corrected chi connectivity index (χ4v) is 4.01. The zero-order valence-corrected chi connectivity index (χ0v) is 16.3. The van der Waals surface area contributed by atoms with Gasteiger partial charge in [0.2, 0.25) is 0 Å². The van der Waals surface area contributed by atoms with Gasteiger partial charge in [0, 0.05) is 42.7 Å². The number of aromatic nitrogens is 3. The molecule has 27 heavy (non-hydrogen) atoms. The van der Waals surface area contributed by atoms with Crippen molar-refractivity contribution in [3.8, 4) is 5.69 Å². The van der Waals surface area contributed by atoms with Crippen LogP contribution in [0.4, 0.5) is 0 Å². The van der Waals surface area contributed by atoms with Crippen molar-refractivity contribution in [2.45, 2.75) is 25.9 Å². The summed E-state index contributed by atoms with van der Waals surface area (Å²) in [5, 5.41) is 4.30. The first-order valence-corrected chi connectivity index (χ1v) is 9.61. The minimum Gasteiger partial charge on any atom is -0.352 e. The number of pyridine rings is 2. The lowest BCUT2D eigenvalue weighted by atomic mass is 10.0. The van der Waals surface area contributed by atoms with Crippen LogP contribution in [-0.4, -0.2) is 31.1 Å². The van der Waals surface area contributed by atoms with Gasteiger partial charge >= 0.3 is 0 Å². The van der Waals surface area contributed by atoms with Gasteiger partial charge in [0.1, 0.15) is 0 Å². The number of hydrogen-bond donors (Lipinski definition) is 1. The summed E-state index contributed by atoms with van der Waals surface area (Å²) in [6.45, 7) is 5.33. The number of rotatable bonds is 5. The van der Waals surface area contributed by atoms with Crippen LogP contribution in [0.15, 0.2) is 67.3 Å². The van der Waals surface area contributed by atoms with E-state index in [0.717, 1.165) is 23.0 Å². The van der Waals surface area contributed by atoms with Crippen molar-refractivity contribution in [2.24, 2.45) is 5.92 Å². The highest BCUT2D eigenvalue weighted by Crippen LogP contribution is 2.39. The van der Waals surface area contributed by atoms with Gasteiger partial charge in [0.25, 0.3) is 0 Å². The summed E-state index contributed by atoms with van der Waals surface area (Å²) in [4.78, 5) is 11.0. The van der Waals surface area contributed by atoms with Crippen LogP contribution in [0.3, 0.4) is 0 Å². The molecule has 4 heterocycles. The Labute approximate surface area is 165 Å². The number of thiocarbonyl (C=S) groups is 1. The molecule has 3 aromatic rings. The largest absolute Gasteiger partial charge is 0.352 e. The maximum absolute atomic E-state index is 5.71. The predicted octanol–water partition coefficient (Wildman–Crippen LogP) is 3.90. The third-order valence-electron chi connectivity index (χ3n) is 4.78. The highest BCUT2D eigenvalue weighted by molar-refractivity contribution is 7.80. The van der Waals surface area contributed by atoms with Gasteiger partial charge in [-0.25, -0.2) is 0 Å². The van der Waals surface area contributed by atoms with Gasteiger partial charge in [-0.05, 0) is 54.5 Å². The van der Waals surface area contributed by atoms with Gasteiger partial charge in [0.05, 0.1) is 17.8 Å². The molecule has 0 radical (unpaired) electrons. The van der Waals surface area contributed by atoms with Crippen molar-refractivity contribution in [1.29, 1.82) is 0 Å². The van der Waals surface area contributed by atoms with E-state index < -0.39 is 0 Å². The average molecular weight is 378 g/mol. The minimum absolute atomic E-state index is 0.00735. The van der Waals surface area contributed by atoms with E-state index in [2.05, 4.69) is 63.0 Å². The second kappa shape index (κ2) is 7.48. The fraction of sp³-hybridized carbons (Fsp3) is 0.286. The van der Waals surface area contributed by atoms with Gasteiger partial charge in [-0.15, -0.1) is 0 Å². The molecule has 0 saturated carbocycles. The van der Waals surface area contributed by atoms with Gasteiger partial charge in [0.15, 0.2) is 5.11 Å². The molecule has 1 aliphatic rings. The van der Waals surface area contributed by atoms with Crippen LogP contribution in [-0.2, 0) is 0 Å². The van der Waals surface area contributed by atoms with Crippen molar-refractivity contribution in [1.82, 2.24) is 24.8 Å². The van der Waals surface area contributed by atoms with E-state index in [1.54, 1.807) is 0 Å². The van der Waals surface area contributed by atoms with Crippen LogP contribution in [0, 0.1) is 5.92 Å². The molecule has 0 aromatic carbocycles. The molecule has 6 heteroatoms. The van der Waals surface area contributed by atoms with Gasteiger partial charge in [-0.3, -0.25) is 9.97 Å². The van der Waals surface area contributed by atoms with E-state index in [-0.39, 0.29) is 12.1 Å². The normalized spacial score (nSPS) is 19.5. The molecule has 3 aromatic heterocycles. The monoisotopic (exact) mass is 377 g/mol. The topological polar surface area (TPSA) is 46.0 Å². The van der Waals surface area contributed by atoms with Crippen molar-refractivity contribution in [3.63, 3.8) is 0 Å². The van der Waals surface area contributed by atoms with E-state index in [4.69, 9.17) is 12.2 Å². The van der Waals surface area contributed by atoms with E-state index in [9.17, 15) is 0 Å². The lowest BCUT2D eigenvalue weighted by molar-refractivity contribution is 0.280. The summed E-state index contributed by atoms with van der Waals surface area (Å²) in [5.74, 6) is 0.499.